The first-order valence-electron chi connectivity index (χ1n) is 6.03. The van der Waals surface area contributed by atoms with E-state index in [1.165, 1.54) is 25.2 Å². The molecule has 0 fully saturated rings. The fourth-order valence-corrected chi connectivity index (χ4v) is 1.63. The number of hydrogen-bond donors (Lipinski definition) is 1. The lowest BCUT2D eigenvalue weighted by molar-refractivity contribution is -0.274. The van der Waals surface area contributed by atoms with Crippen LogP contribution in [-0.2, 0) is 4.79 Å². The van der Waals surface area contributed by atoms with Crippen molar-refractivity contribution in [2.75, 3.05) is 13.6 Å². The Hall–Kier alpha value is -2.25. The molecule has 1 rings (SSSR count). The molecule has 0 aliphatic carbocycles. The van der Waals surface area contributed by atoms with Crippen LogP contribution in [0.5, 0.6) is 5.75 Å². The van der Waals surface area contributed by atoms with Gasteiger partial charge in [0, 0.05) is 20.0 Å². The number of amides is 1. The van der Waals surface area contributed by atoms with Crippen LogP contribution in [0.15, 0.2) is 24.3 Å². The van der Waals surface area contributed by atoms with Gasteiger partial charge in [-0.3, -0.25) is 9.59 Å². The summed E-state index contributed by atoms with van der Waals surface area (Å²) in [6.07, 6.45) is -4.81. The lowest BCUT2D eigenvalue weighted by Crippen LogP contribution is -2.29. The quantitative estimate of drug-likeness (QED) is 0.877. The number of hydrogen-bond acceptors (Lipinski definition) is 3. The zero-order valence-electron chi connectivity index (χ0n) is 11.2. The average Bonchev–Trinajstić information content (AvgIpc) is 2.36. The molecule has 0 radical (unpaired) electrons. The second-order valence-electron chi connectivity index (χ2n) is 4.27. The molecular formula is C13H14F3NO4. The van der Waals surface area contributed by atoms with Crippen molar-refractivity contribution in [1.29, 1.82) is 0 Å². The van der Waals surface area contributed by atoms with Crippen molar-refractivity contribution < 1.29 is 32.6 Å². The van der Waals surface area contributed by atoms with Crippen molar-refractivity contribution >= 4 is 11.9 Å². The van der Waals surface area contributed by atoms with Gasteiger partial charge in [0.15, 0.2) is 0 Å². The van der Waals surface area contributed by atoms with Gasteiger partial charge in [0.2, 0.25) is 0 Å². The molecular weight excluding hydrogens is 291 g/mol. The Bertz CT molecular complexity index is 516. The SMILES string of the molecule is CN(CCCC(=O)O)C(=O)c1ccccc1OC(F)(F)F. The molecule has 0 saturated heterocycles. The number of carboxylic acids is 1. The Morgan fingerprint density at radius 3 is 2.48 bits per heavy atom. The fraction of sp³-hybridized carbons (Fsp3) is 0.385. The predicted octanol–water partition coefficient (Wildman–Crippen LogP) is 2.52. The third-order valence-corrected chi connectivity index (χ3v) is 2.57. The summed E-state index contributed by atoms with van der Waals surface area (Å²) in [6, 6.07) is 5.01. The molecule has 0 bridgehead atoms. The van der Waals surface area contributed by atoms with Crippen LogP contribution >= 0.6 is 0 Å². The molecule has 0 unspecified atom stereocenters. The molecule has 21 heavy (non-hydrogen) atoms. The van der Waals surface area contributed by atoms with Gasteiger partial charge in [-0.2, -0.15) is 0 Å². The van der Waals surface area contributed by atoms with Crippen molar-refractivity contribution in [1.82, 2.24) is 4.90 Å². The minimum Gasteiger partial charge on any atom is -0.481 e. The van der Waals surface area contributed by atoms with E-state index in [1.54, 1.807) is 0 Å². The van der Waals surface area contributed by atoms with Gasteiger partial charge in [-0.1, -0.05) is 12.1 Å². The summed E-state index contributed by atoms with van der Waals surface area (Å²) in [7, 11) is 1.38. The van der Waals surface area contributed by atoms with E-state index in [4.69, 9.17) is 5.11 Å². The Labute approximate surface area is 118 Å². The van der Waals surface area contributed by atoms with Crippen LogP contribution in [0.1, 0.15) is 23.2 Å². The molecule has 1 amide bonds. The zero-order chi connectivity index (χ0) is 16.0. The minimum absolute atomic E-state index is 0.117. The number of rotatable bonds is 6. The summed E-state index contributed by atoms with van der Waals surface area (Å²) < 4.78 is 40.6. The number of ether oxygens (including phenoxy) is 1. The van der Waals surface area contributed by atoms with Crippen molar-refractivity contribution in [2.24, 2.45) is 0 Å². The number of carboxylic acid groups (broad SMARTS) is 1. The standard InChI is InChI=1S/C13H14F3NO4/c1-17(8-4-7-11(18)19)12(20)9-5-2-3-6-10(9)21-13(14,15)16/h2-3,5-6H,4,7-8H2,1H3,(H,18,19). The number of para-hydroxylation sites is 1. The zero-order valence-corrected chi connectivity index (χ0v) is 11.2. The Balaban J connectivity index is 2.79. The molecule has 1 aromatic rings. The largest absolute Gasteiger partial charge is 0.573 e. The van der Waals surface area contributed by atoms with Gasteiger partial charge in [0.25, 0.3) is 5.91 Å². The molecule has 0 spiro atoms. The maximum absolute atomic E-state index is 12.3. The van der Waals surface area contributed by atoms with Gasteiger partial charge in [-0.05, 0) is 18.6 Å². The van der Waals surface area contributed by atoms with E-state index in [1.807, 2.05) is 0 Å². The average molecular weight is 305 g/mol. The van der Waals surface area contributed by atoms with E-state index in [0.717, 1.165) is 11.0 Å². The van der Waals surface area contributed by atoms with Gasteiger partial charge >= 0.3 is 12.3 Å². The number of nitrogens with zero attached hydrogens (tertiary/aromatic N) is 1. The lowest BCUT2D eigenvalue weighted by Gasteiger charge is -2.19. The van der Waals surface area contributed by atoms with Gasteiger partial charge < -0.3 is 14.7 Å². The maximum Gasteiger partial charge on any atom is 0.573 e. The van der Waals surface area contributed by atoms with Crippen LogP contribution in [-0.4, -0.2) is 41.8 Å². The second-order valence-corrected chi connectivity index (χ2v) is 4.27. The molecule has 0 aliphatic heterocycles. The summed E-state index contributed by atoms with van der Waals surface area (Å²) in [6.45, 7) is 0.117. The molecule has 5 nitrogen and oxygen atoms in total. The molecule has 0 aromatic heterocycles. The van der Waals surface area contributed by atoms with Gasteiger partial charge in [-0.15, -0.1) is 13.2 Å². The molecule has 8 heteroatoms. The van der Waals surface area contributed by atoms with Crippen LogP contribution in [0.4, 0.5) is 13.2 Å². The monoisotopic (exact) mass is 305 g/mol. The molecule has 116 valence electrons. The highest BCUT2D eigenvalue weighted by Gasteiger charge is 2.33. The third-order valence-electron chi connectivity index (χ3n) is 2.57. The number of carbonyl (C=O) groups is 2. The highest BCUT2D eigenvalue weighted by molar-refractivity contribution is 5.96. The topological polar surface area (TPSA) is 66.8 Å². The molecule has 0 heterocycles. The molecule has 1 N–H and O–H groups in total. The van der Waals surface area contributed by atoms with E-state index in [2.05, 4.69) is 4.74 Å². The van der Waals surface area contributed by atoms with Crippen LogP contribution in [0, 0.1) is 0 Å². The Morgan fingerprint density at radius 2 is 1.90 bits per heavy atom. The summed E-state index contributed by atoms with van der Waals surface area (Å²) in [5.74, 6) is -2.25. The van der Waals surface area contributed by atoms with E-state index in [9.17, 15) is 22.8 Å². The van der Waals surface area contributed by atoms with E-state index in [0.29, 0.717) is 0 Å². The number of aliphatic carboxylic acids is 1. The number of benzene rings is 1. The minimum atomic E-state index is -4.89. The van der Waals surface area contributed by atoms with Gasteiger partial charge in [-0.25, -0.2) is 0 Å². The smallest absolute Gasteiger partial charge is 0.481 e. The van der Waals surface area contributed by atoms with Crippen LogP contribution in [0.2, 0.25) is 0 Å². The van der Waals surface area contributed by atoms with Crippen LogP contribution in [0.3, 0.4) is 0 Å². The van der Waals surface area contributed by atoms with Crippen molar-refractivity contribution in [3.63, 3.8) is 0 Å². The van der Waals surface area contributed by atoms with Crippen molar-refractivity contribution in [2.45, 2.75) is 19.2 Å². The highest BCUT2D eigenvalue weighted by atomic mass is 19.4. The van der Waals surface area contributed by atoms with E-state index < -0.39 is 24.0 Å². The molecule has 1 aromatic carbocycles. The molecule has 0 aliphatic rings. The van der Waals surface area contributed by atoms with Gasteiger partial charge in [0.05, 0.1) is 5.56 Å². The Kier molecular flexibility index (Phi) is 5.57. The summed E-state index contributed by atoms with van der Waals surface area (Å²) in [5, 5.41) is 8.51. The summed E-state index contributed by atoms with van der Waals surface area (Å²) in [4.78, 5) is 23.6. The molecule has 0 saturated carbocycles. The van der Waals surface area contributed by atoms with Gasteiger partial charge in [0.1, 0.15) is 5.75 Å². The first kappa shape index (κ1) is 16.8. The predicted molar refractivity (Wildman–Crippen MR) is 67.0 cm³/mol. The first-order valence-corrected chi connectivity index (χ1v) is 6.03. The highest BCUT2D eigenvalue weighted by Crippen LogP contribution is 2.26. The summed E-state index contributed by atoms with van der Waals surface area (Å²) in [5.41, 5.74) is -0.229. The first-order chi connectivity index (χ1) is 9.70. The van der Waals surface area contributed by atoms with Crippen LogP contribution in [0.25, 0.3) is 0 Å². The van der Waals surface area contributed by atoms with Crippen molar-refractivity contribution in [3.05, 3.63) is 29.8 Å². The Morgan fingerprint density at radius 1 is 1.29 bits per heavy atom. The van der Waals surface area contributed by atoms with Crippen molar-refractivity contribution in [3.8, 4) is 5.75 Å². The fourth-order valence-electron chi connectivity index (χ4n) is 1.63. The van der Waals surface area contributed by atoms with Crippen LogP contribution < -0.4 is 4.74 Å². The third kappa shape index (κ3) is 5.72. The number of halogens is 3. The number of alkyl halides is 3. The normalized spacial score (nSPS) is 11.0. The second kappa shape index (κ2) is 6.96. The van der Waals surface area contributed by atoms with E-state index in [-0.39, 0.29) is 24.9 Å². The van der Waals surface area contributed by atoms with E-state index >= 15 is 0 Å². The lowest BCUT2D eigenvalue weighted by atomic mass is 10.1. The summed E-state index contributed by atoms with van der Waals surface area (Å²) >= 11 is 0. The maximum atomic E-state index is 12.3. The molecule has 0 atom stereocenters. The number of carbonyl (C=O) groups excluding carboxylic acids is 1.